The van der Waals surface area contributed by atoms with Crippen LogP contribution in [-0.4, -0.2) is 52.3 Å². The number of nitrogens with two attached hydrogens (primary N) is 1. The van der Waals surface area contributed by atoms with E-state index in [4.69, 9.17) is 5.73 Å². The zero-order valence-electron chi connectivity index (χ0n) is 19.7. The number of hydrogen-bond donors (Lipinski definition) is 3. The van der Waals surface area contributed by atoms with Crippen LogP contribution in [0.25, 0.3) is 11.1 Å². The van der Waals surface area contributed by atoms with Crippen molar-refractivity contribution in [1.29, 1.82) is 5.26 Å². The van der Waals surface area contributed by atoms with Crippen molar-refractivity contribution in [2.75, 3.05) is 12.3 Å². The Kier molecular flexibility index (Phi) is 9.15. The normalized spacial score (nSPS) is 16.2. The predicted molar refractivity (Wildman–Crippen MR) is 135 cm³/mol. The number of carboxylic acid groups (broad SMARTS) is 1. The van der Waals surface area contributed by atoms with Crippen molar-refractivity contribution in [2.24, 2.45) is 5.73 Å². The van der Waals surface area contributed by atoms with Crippen LogP contribution in [0.1, 0.15) is 43.7 Å². The molecule has 1 fully saturated rings. The van der Waals surface area contributed by atoms with E-state index in [1.165, 1.54) is 0 Å². The first kappa shape index (κ1) is 26.1. The fourth-order valence-corrected chi connectivity index (χ4v) is 4.98. The maximum absolute atomic E-state index is 12.8. The standard InChI is InChI=1S/C26H30N4O4S/c1-2-13-35-23-11-10-19(15-20(23)16-27)18-8-6-17(7-9-18)14-21(24(28)31)29-25(32)22-5-3-4-12-30(22)26(33)34/h6-11,15,21-22H,2-5,12-14H2,1H3,(H2,28,31)(H,29,32)(H,33,34)/t21-,22?/m0/s1. The highest BCUT2D eigenvalue weighted by molar-refractivity contribution is 7.99. The van der Waals surface area contributed by atoms with E-state index in [0.717, 1.165) is 45.1 Å². The highest BCUT2D eigenvalue weighted by Gasteiger charge is 2.33. The SMILES string of the molecule is CCCSc1ccc(-c2ccc(C[C@H](NC(=O)C3CCCCN3C(=O)O)C(N)=O)cc2)cc1C#N. The smallest absolute Gasteiger partial charge is 0.407 e. The fourth-order valence-electron chi connectivity index (χ4n) is 4.13. The lowest BCUT2D eigenvalue weighted by Crippen LogP contribution is -2.56. The number of nitrogens with one attached hydrogen (secondary N) is 1. The second-order valence-electron chi connectivity index (χ2n) is 8.52. The summed E-state index contributed by atoms with van der Waals surface area (Å²) in [4.78, 5) is 38.4. The van der Waals surface area contributed by atoms with Gasteiger partial charge in [-0.2, -0.15) is 5.26 Å². The van der Waals surface area contributed by atoms with Crippen molar-refractivity contribution < 1.29 is 19.5 Å². The number of primary amides is 1. The van der Waals surface area contributed by atoms with Gasteiger partial charge in [0.15, 0.2) is 0 Å². The number of piperidine rings is 1. The number of likely N-dealkylation sites (tertiary alicyclic amines) is 1. The molecule has 0 aliphatic carbocycles. The number of carbonyl (C=O) groups excluding carboxylic acids is 2. The van der Waals surface area contributed by atoms with Crippen LogP contribution < -0.4 is 11.1 Å². The summed E-state index contributed by atoms with van der Waals surface area (Å²) in [6.07, 6.45) is 1.95. The molecule has 0 saturated carbocycles. The third-order valence-electron chi connectivity index (χ3n) is 6.00. The van der Waals surface area contributed by atoms with Crippen LogP contribution >= 0.6 is 11.8 Å². The Morgan fingerprint density at radius 2 is 1.91 bits per heavy atom. The van der Waals surface area contributed by atoms with Crippen molar-refractivity contribution in [3.63, 3.8) is 0 Å². The summed E-state index contributed by atoms with van der Waals surface area (Å²) in [7, 11) is 0. The van der Waals surface area contributed by atoms with Crippen molar-refractivity contribution in [3.05, 3.63) is 53.6 Å². The molecule has 1 heterocycles. The number of nitriles is 1. The molecule has 35 heavy (non-hydrogen) atoms. The van der Waals surface area contributed by atoms with Gasteiger partial charge in [-0.15, -0.1) is 11.8 Å². The van der Waals surface area contributed by atoms with Gasteiger partial charge >= 0.3 is 6.09 Å². The fraction of sp³-hybridized carbons (Fsp3) is 0.385. The summed E-state index contributed by atoms with van der Waals surface area (Å²) in [6.45, 7) is 2.39. The largest absolute Gasteiger partial charge is 0.465 e. The number of benzene rings is 2. The van der Waals surface area contributed by atoms with Gasteiger partial charge in [0.05, 0.1) is 5.56 Å². The van der Waals surface area contributed by atoms with E-state index in [2.05, 4.69) is 18.3 Å². The molecule has 2 atom stereocenters. The van der Waals surface area contributed by atoms with Crippen LogP contribution in [0.15, 0.2) is 47.4 Å². The first-order valence-electron chi connectivity index (χ1n) is 11.7. The third kappa shape index (κ3) is 6.76. The van der Waals surface area contributed by atoms with E-state index in [-0.39, 0.29) is 6.42 Å². The van der Waals surface area contributed by atoms with Crippen LogP contribution in [0.3, 0.4) is 0 Å². The third-order valence-corrected chi connectivity index (χ3v) is 7.28. The molecule has 3 amide bonds. The molecule has 0 bridgehead atoms. The monoisotopic (exact) mass is 494 g/mol. The zero-order chi connectivity index (χ0) is 25.4. The molecule has 0 aromatic heterocycles. The summed E-state index contributed by atoms with van der Waals surface area (Å²) in [6, 6.07) is 13.8. The molecule has 2 aromatic carbocycles. The zero-order valence-corrected chi connectivity index (χ0v) is 20.5. The predicted octanol–water partition coefficient (Wildman–Crippen LogP) is 3.77. The lowest BCUT2D eigenvalue weighted by atomic mass is 9.98. The summed E-state index contributed by atoms with van der Waals surface area (Å²) in [5.41, 5.74) is 8.82. The minimum Gasteiger partial charge on any atom is -0.465 e. The van der Waals surface area contributed by atoms with Crippen molar-refractivity contribution in [1.82, 2.24) is 10.2 Å². The molecule has 4 N–H and O–H groups in total. The molecule has 2 aromatic rings. The summed E-state index contributed by atoms with van der Waals surface area (Å²) >= 11 is 1.67. The molecule has 1 unspecified atom stereocenters. The van der Waals surface area contributed by atoms with Gasteiger partial charge in [0.25, 0.3) is 0 Å². The van der Waals surface area contributed by atoms with E-state index in [0.29, 0.717) is 24.9 Å². The Labute approximate surface area is 209 Å². The second kappa shape index (κ2) is 12.3. The van der Waals surface area contributed by atoms with Gasteiger partial charge in [0.2, 0.25) is 11.8 Å². The molecule has 0 spiro atoms. The topological polar surface area (TPSA) is 137 Å². The number of nitrogens with zero attached hydrogens (tertiary/aromatic N) is 2. The van der Waals surface area contributed by atoms with E-state index in [1.54, 1.807) is 11.8 Å². The van der Waals surface area contributed by atoms with Gasteiger partial charge < -0.3 is 16.2 Å². The Balaban J connectivity index is 1.70. The lowest BCUT2D eigenvalue weighted by molar-refractivity contribution is -0.131. The van der Waals surface area contributed by atoms with E-state index in [9.17, 15) is 24.8 Å². The first-order valence-corrected chi connectivity index (χ1v) is 12.7. The Morgan fingerprint density at radius 3 is 2.54 bits per heavy atom. The molecule has 1 aliphatic rings. The molecule has 3 rings (SSSR count). The van der Waals surface area contributed by atoms with Gasteiger partial charge in [-0.05, 0) is 60.3 Å². The van der Waals surface area contributed by atoms with Crippen molar-refractivity contribution in [3.8, 4) is 17.2 Å². The van der Waals surface area contributed by atoms with Gasteiger partial charge in [-0.3, -0.25) is 14.5 Å². The molecule has 0 radical (unpaired) electrons. The Bertz CT molecular complexity index is 1110. The average molecular weight is 495 g/mol. The van der Waals surface area contributed by atoms with E-state index in [1.807, 2.05) is 42.5 Å². The maximum Gasteiger partial charge on any atom is 0.407 e. The molecular weight excluding hydrogens is 464 g/mol. The highest BCUT2D eigenvalue weighted by atomic mass is 32.2. The van der Waals surface area contributed by atoms with Gasteiger partial charge in [0.1, 0.15) is 18.2 Å². The molecule has 1 aliphatic heterocycles. The van der Waals surface area contributed by atoms with Gasteiger partial charge in [-0.25, -0.2) is 4.79 Å². The summed E-state index contributed by atoms with van der Waals surface area (Å²) in [5.74, 6) is -0.230. The number of rotatable bonds is 9. The average Bonchev–Trinajstić information content (AvgIpc) is 2.87. The number of carbonyl (C=O) groups is 3. The summed E-state index contributed by atoms with van der Waals surface area (Å²) < 4.78 is 0. The Morgan fingerprint density at radius 1 is 1.20 bits per heavy atom. The van der Waals surface area contributed by atoms with Crippen LogP contribution in [0.2, 0.25) is 0 Å². The number of hydrogen-bond acceptors (Lipinski definition) is 5. The minimum atomic E-state index is -1.15. The molecular formula is C26H30N4O4S. The quantitative estimate of drug-likeness (QED) is 0.454. The second-order valence-corrected chi connectivity index (χ2v) is 9.66. The molecule has 184 valence electrons. The number of amides is 3. The minimum absolute atomic E-state index is 0.192. The summed E-state index contributed by atoms with van der Waals surface area (Å²) in [5, 5.41) is 21.5. The Hall–Kier alpha value is -3.51. The number of thioether (sulfide) groups is 1. The van der Waals surface area contributed by atoms with E-state index < -0.39 is 30.0 Å². The van der Waals surface area contributed by atoms with Gasteiger partial charge in [0, 0.05) is 17.9 Å². The molecule has 9 heteroatoms. The van der Waals surface area contributed by atoms with Crippen LogP contribution in [0, 0.1) is 11.3 Å². The van der Waals surface area contributed by atoms with Crippen LogP contribution in [0.5, 0.6) is 0 Å². The molecule has 8 nitrogen and oxygen atoms in total. The highest BCUT2D eigenvalue weighted by Crippen LogP contribution is 2.29. The van der Waals surface area contributed by atoms with Gasteiger partial charge in [-0.1, -0.05) is 37.3 Å². The first-order chi connectivity index (χ1) is 16.8. The van der Waals surface area contributed by atoms with Crippen molar-refractivity contribution >= 4 is 29.7 Å². The van der Waals surface area contributed by atoms with Crippen molar-refractivity contribution in [2.45, 2.75) is 56.0 Å². The maximum atomic E-state index is 12.8. The lowest BCUT2D eigenvalue weighted by Gasteiger charge is -2.33. The van der Waals surface area contributed by atoms with Crippen LogP contribution in [0.4, 0.5) is 4.79 Å². The van der Waals surface area contributed by atoms with E-state index >= 15 is 0 Å². The van der Waals surface area contributed by atoms with Crippen LogP contribution in [-0.2, 0) is 16.0 Å². The molecule has 1 saturated heterocycles.